The van der Waals surface area contributed by atoms with Gasteiger partial charge in [0.15, 0.2) is 0 Å². The summed E-state index contributed by atoms with van der Waals surface area (Å²) in [4.78, 5) is 13.2. The summed E-state index contributed by atoms with van der Waals surface area (Å²) in [7, 11) is -1.41. The fourth-order valence-corrected chi connectivity index (χ4v) is 2.13. The van der Waals surface area contributed by atoms with Crippen molar-refractivity contribution in [3.05, 3.63) is 0 Å². The van der Waals surface area contributed by atoms with Gasteiger partial charge >= 0.3 is 0 Å². The molecule has 1 saturated heterocycles. The van der Waals surface area contributed by atoms with Crippen LogP contribution in [0.5, 0.6) is 0 Å². The van der Waals surface area contributed by atoms with Crippen LogP contribution in [0.4, 0.5) is 0 Å². The number of nitrogens with one attached hydrogen (secondary N) is 1. The number of rotatable bonds is 5. The number of sulfone groups is 1. The van der Waals surface area contributed by atoms with Crippen molar-refractivity contribution in [2.45, 2.75) is 12.5 Å². The van der Waals surface area contributed by atoms with Gasteiger partial charge in [0.1, 0.15) is 9.84 Å². The molecule has 100 valence electrons. The maximum Gasteiger partial charge on any atom is 0.225 e. The van der Waals surface area contributed by atoms with E-state index < -0.39 is 9.84 Å². The van der Waals surface area contributed by atoms with Crippen LogP contribution in [0.25, 0.3) is 0 Å². The Labute approximate surface area is 102 Å². The number of amides is 1. The first-order chi connectivity index (χ1) is 7.88. The Morgan fingerprint density at radius 2 is 2.24 bits per heavy atom. The van der Waals surface area contributed by atoms with Crippen molar-refractivity contribution in [3.8, 4) is 0 Å². The van der Waals surface area contributed by atoms with Crippen molar-refractivity contribution in [1.29, 1.82) is 0 Å². The molecule has 1 unspecified atom stereocenters. The lowest BCUT2D eigenvalue weighted by atomic mass is 10.2. The van der Waals surface area contributed by atoms with Crippen molar-refractivity contribution in [2.75, 3.05) is 45.3 Å². The third-order valence-electron chi connectivity index (χ3n) is 2.63. The fourth-order valence-electron chi connectivity index (χ4n) is 1.53. The van der Waals surface area contributed by atoms with Crippen LogP contribution >= 0.6 is 0 Å². The van der Waals surface area contributed by atoms with Crippen LogP contribution in [-0.4, -0.2) is 70.6 Å². The van der Waals surface area contributed by atoms with E-state index in [1.807, 2.05) is 0 Å². The van der Waals surface area contributed by atoms with Gasteiger partial charge in [0.05, 0.1) is 24.9 Å². The van der Waals surface area contributed by atoms with Gasteiger partial charge in [0.25, 0.3) is 0 Å². The Kier molecular flexibility index (Phi) is 5.35. The quantitative estimate of drug-likeness (QED) is 0.680. The molecule has 0 aromatic heterocycles. The SMILES string of the molecule is CN(CCS(C)(=O)=O)C(=O)CC1CNCCO1. The monoisotopic (exact) mass is 264 g/mol. The van der Waals surface area contributed by atoms with Gasteiger partial charge in [-0.1, -0.05) is 0 Å². The molecule has 0 bridgehead atoms. The predicted octanol–water partition coefficient (Wildman–Crippen LogP) is -1.13. The average Bonchev–Trinajstić information content (AvgIpc) is 2.26. The number of carbonyl (C=O) groups excluding carboxylic acids is 1. The van der Waals surface area contributed by atoms with E-state index in [1.54, 1.807) is 7.05 Å². The average molecular weight is 264 g/mol. The molecule has 1 amide bonds. The summed E-state index contributed by atoms with van der Waals surface area (Å²) in [5.41, 5.74) is 0. The minimum Gasteiger partial charge on any atom is -0.375 e. The van der Waals surface area contributed by atoms with E-state index in [1.165, 1.54) is 11.2 Å². The smallest absolute Gasteiger partial charge is 0.225 e. The first-order valence-electron chi connectivity index (χ1n) is 5.62. The van der Waals surface area contributed by atoms with Gasteiger partial charge in [-0.05, 0) is 0 Å². The van der Waals surface area contributed by atoms with Gasteiger partial charge in [0, 0.05) is 32.9 Å². The van der Waals surface area contributed by atoms with Crippen molar-refractivity contribution >= 4 is 15.7 Å². The molecule has 1 heterocycles. The molecule has 0 aromatic carbocycles. The first-order valence-corrected chi connectivity index (χ1v) is 7.68. The van der Waals surface area contributed by atoms with E-state index in [2.05, 4.69) is 5.32 Å². The molecule has 1 fully saturated rings. The molecule has 1 N–H and O–H groups in total. The predicted molar refractivity (Wildman–Crippen MR) is 64.6 cm³/mol. The molecule has 0 aromatic rings. The second kappa shape index (κ2) is 6.32. The third kappa shape index (κ3) is 5.99. The molecule has 1 rings (SSSR count). The van der Waals surface area contributed by atoms with Crippen molar-refractivity contribution < 1.29 is 17.9 Å². The standard InChI is InChI=1S/C10H20N2O4S/c1-12(4-6-17(2,14)15)10(13)7-9-8-11-3-5-16-9/h9,11H,3-8H2,1-2H3. The van der Waals surface area contributed by atoms with Crippen LogP contribution in [0, 0.1) is 0 Å². The summed E-state index contributed by atoms with van der Waals surface area (Å²) in [6, 6.07) is 0. The molecule has 0 spiro atoms. The fraction of sp³-hybridized carbons (Fsp3) is 0.900. The highest BCUT2D eigenvalue weighted by Gasteiger charge is 2.20. The Hall–Kier alpha value is -0.660. The highest BCUT2D eigenvalue weighted by atomic mass is 32.2. The highest BCUT2D eigenvalue weighted by Crippen LogP contribution is 2.04. The van der Waals surface area contributed by atoms with E-state index in [0.717, 1.165) is 6.54 Å². The summed E-state index contributed by atoms with van der Waals surface area (Å²) in [6.45, 7) is 2.34. The topological polar surface area (TPSA) is 75.7 Å². The highest BCUT2D eigenvalue weighted by molar-refractivity contribution is 7.90. The van der Waals surface area contributed by atoms with Gasteiger partial charge in [-0.25, -0.2) is 8.42 Å². The zero-order valence-electron chi connectivity index (χ0n) is 10.3. The molecule has 1 aliphatic rings. The van der Waals surface area contributed by atoms with Crippen LogP contribution in [0.1, 0.15) is 6.42 Å². The number of carbonyl (C=O) groups is 1. The van der Waals surface area contributed by atoms with Crippen LogP contribution in [-0.2, 0) is 19.4 Å². The molecule has 0 saturated carbocycles. The minimum atomic E-state index is -3.02. The lowest BCUT2D eigenvalue weighted by Gasteiger charge is -2.25. The van der Waals surface area contributed by atoms with E-state index in [9.17, 15) is 13.2 Å². The van der Waals surface area contributed by atoms with E-state index in [0.29, 0.717) is 19.6 Å². The van der Waals surface area contributed by atoms with Gasteiger partial charge in [-0.2, -0.15) is 0 Å². The summed E-state index contributed by atoms with van der Waals surface area (Å²) in [5, 5.41) is 3.14. The van der Waals surface area contributed by atoms with Crippen LogP contribution < -0.4 is 5.32 Å². The van der Waals surface area contributed by atoms with Crippen molar-refractivity contribution in [1.82, 2.24) is 10.2 Å². The van der Waals surface area contributed by atoms with Crippen LogP contribution in [0.15, 0.2) is 0 Å². The van der Waals surface area contributed by atoms with E-state index in [-0.39, 0.29) is 24.3 Å². The maximum atomic E-state index is 11.8. The normalized spacial score (nSPS) is 21.2. The number of ether oxygens (including phenoxy) is 1. The van der Waals surface area contributed by atoms with Crippen LogP contribution in [0.3, 0.4) is 0 Å². The number of nitrogens with zero attached hydrogens (tertiary/aromatic N) is 1. The molecule has 7 heteroatoms. The number of hydrogen-bond donors (Lipinski definition) is 1. The Balaban J connectivity index is 2.30. The maximum absolute atomic E-state index is 11.8. The van der Waals surface area contributed by atoms with Gasteiger partial charge in [-0.15, -0.1) is 0 Å². The van der Waals surface area contributed by atoms with Crippen molar-refractivity contribution in [2.24, 2.45) is 0 Å². The third-order valence-corrected chi connectivity index (χ3v) is 3.55. The lowest BCUT2D eigenvalue weighted by Crippen LogP contribution is -2.42. The molecule has 1 atom stereocenters. The van der Waals surface area contributed by atoms with Gasteiger partial charge in [0.2, 0.25) is 5.91 Å². The summed E-state index contributed by atoms with van der Waals surface area (Å²) < 4.78 is 27.4. The zero-order valence-corrected chi connectivity index (χ0v) is 11.1. The molecule has 0 radical (unpaired) electrons. The molecule has 0 aliphatic carbocycles. The van der Waals surface area contributed by atoms with E-state index >= 15 is 0 Å². The minimum absolute atomic E-state index is 0.000978. The number of morpholine rings is 1. The molecule has 1 aliphatic heterocycles. The summed E-state index contributed by atoms with van der Waals surface area (Å²) in [6.07, 6.45) is 1.36. The summed E-state index contributed by atoms with van der Waals surface area (Å²) in [5.74, 6) is -0.0821. The molecule has 17 heavy (non-hydrogen) atoms. The van der Waals surface area contributed by atoms with Gasteiger partial charge in [-0.3, -0.25) is 4.79 Å². The van der Waals surface area contributed by atoms with E-state index in [4.69, 9.17) is 4.74 Å². The van der Waals surface area contributed by atoms with Crippen LogP contribution in [0.2, 0.25) is 0 Å². The Bertz CT molecular complexity index is 349. The summed E-state index contributed by atoms with van der Waals surface area (Å²) >= 11 is 0. The first kappa shape index (κ1) is 14.4. The number of hydrogen-bond acceptors (Lipinski definition) is 5. The molecular weight excluding hydrogens is 244 g/mol. The van der Waals surface area contributed by atoms with Gasteiger partial charge < -0.3 is 15.0 Å². The second-order valence-electron chi connectivity index (χ2n) is 4.35. The largest absolute Gasteiger partial charge is 0.375 e. The Morgan fingerprint density at radius 3 is 2.76 bits per heavy atom. The second-order valence-corrected chi connectivity index (χ2v) is 6.61. The molecular formula is C10H20N2O4S. The Morgan fingerprint density at radius 1 is 1.53 bits per heavy atom. The zero-order chi connectivity index (χ0) is 12.9. The molecule has 6 nitrogen and oxygen atoms in total. The lowest BCUT2D eigenvalue weighted by molar-refractivity contribution is -0.133. The van der Waals surface area contributed by atoms with Crippen molar-refractivity contribution in [3.63, 3.8) is 0 Å².